The zero-order chi connectivity index (χ0) is 16.5. The fraction of sp³-hybridized carbons (Fsp3) is 0. The molecule has 0 unspecified atom stereocenters. The minimum atomic E-state index is 0.839. The summed E-state index contributed by atoms with van der Waals surface area (Å²) in [7, 11) is 0. The van der Waals surface area contributed by atoms with Gasteiger partial charge in [0.25, 0.3) is 0 Å². The van der Waals surface area contributed by atoms with Crippen molar-refractivity contribution in [2.75, 3.05) is 0 Å². The van der Waals surface area contributed by atoms with E-state index in [2.05, 4.69) is 61.5 Å². The molecule has 0 N–H and O–H groups in total. The van der Waals surface area contributed by atoms with Crippen LogP contribution in [0.1, 0.15) is 21.1 Å². The first-order valence-electron chi connectivity index (χ1n) is 6.54. The van der Waals surface area contributed by atoms with Gasteiger partial charge in [-0.3, -0.25) is 0 Å². The highest BCUT2D eigenvalue weighted by atomic mass is 79.9. The second-order valence-corrected chi connectivity index (χ2v) is 10.6. The van der Waals surface area contributed by atoms with Gasteiger partial charge in [-0.25, -0.2) is 0 Å². The predicted molar refractivity (Wildman–Crippen MR) is 110 cm³/mol. The summed E-state index contributed by atoms with van der Waals surface area (Å²) >= 11 is 12.7. The Balaban J connectivity index is 1.92. The molecular weight excluding hydrogens is 512 g/mol. The van der Waals surface area contributed by atoms with E-state index in [-0.39, 0.29) is 0 Å². The van der Waals surface area contributed by atoms with Gasteiger partial charge in [-0.1, -0.05) is 0 Å². The van der Waals surface area contributed by atoms with E-state index in [1.54, 1.807) is 22.7 Å². The molecule has 0 radical (unpaired) electrons. The average molecular weight is 518 g/mol. The fourth-order valence-electron chi connectivity index (χ4n) is 2.12. The van der Waals surface area contributed by atoms with Crippen molar-refractivity contribution in [3.05, 3.63) is 65.4 Å². The third kappa shape index (κ3) is 3.31. The number of fused-ring (bicyclic) bond motifs is 1. The van der Waals surface area contributed by atoms with Gasteiger partial charge in [-0.2, -0.15) is 17.5 Å². The zero-order valence-corrected chi connectivity index (χ0v) is 18.1. The van der Waals surface area contributed by atoms with Gasteiger partial charge >= 0.3 is 0 Å². The molecule has 3 aromatic rings. The smallest absolute Gasteiger partial charge is 0.115 e. The quantitative estimate of drug-likeness (QED) is 0.393. The van der Waals surface area contributed by atoms with Crippen LogP contribution < -0.4 is 0 Å². The molecule has 0 aliphatic carbocycles. The Bertz CT molecular complexity index is 960. The van der Waals surface area contributed by atoms with Crippen LogP contribution in [0.3, 0.4) is 0 Å². The van der Waals surface area contributed by atoms with E-state index in [1.165, 1.54) is 11.7 Å². The van der Waals surface area contributed by atoms with Crippen LogP contribution in [-0.4, -0.2) is 8.75 Å². The maximum Gasteiger partial charge on any atom is 0.115 e. The molecule has 4 heterocycles. The van der Waals surface area contributed by atoms with Crippen molar-refractivity contribution in [3.8, 4) is 0 Å². The van der Waals surface area contributed by atoms with Crippen molar-refractivity contribution >= 4 is 88.8 Å². The summed E-state index contributed by atoms with van der Waals surface area (Å²) < 4.78 is 19.9. The summed E-state index contributed by atoms with van der Waals surface area (Å²) in [4.78, 5) is 2.18. The van der Waals surface area contributed by atoms with Gasteiger partial charge in [0.2, 0.25) is 0 Å². The average Bonchev–Trinajstić information content (AvgIpc) is 3.27. The lowest BCUT2D eigenvalue weighted by Crippen LogP contribution is -1.93. The first-order chi connectivity index (χ1) is 11.7. The normalized spacial score (nSPS) is 18.4. The van der Waals surface area contributed by atoms with E-state index >= 15 is 0 Å². The molecule has 24 heavy (non-hydrogen) atoms. The lowest BCUT2D eigenvalue weighted by Gasteiger charge is -2.05. The Morgan fingerprint density at radius 3 is 1.62 bits per heavy atom. The number of rotatable bonds is 2. The molecule has 0 atom stereocenters. The number of hydrogen-bond donors (Lipinski definition) is 0. The largest absolute Gasteiger partial charge is 0.183 e. The molecule has 4 rings (SSSR count). The van der Waals surface area contributed by atoms with Crippen LogP contribution in [0.25, 0.3) is 11.1 Å². The van der Waals surface area contributed by atoms with Gasteiger partial charge in [0.1, 0.15) is 11.4 Å². The van der Waals surface area contributed by atoms with E-state index in [1.807, 2.05) is 24.5 Å². The van der Waals surface area contributed by atoms with Crippen molar-refractivity contribution in [1.82, 2.24) is 8.75 Å². The highest BCUT2D eigenvalue weighted by molar-refractivity contribution is 9.11. The van der Waals surface area contributed by atoms with Gasteiger partial charge in [0.15, 0.2) is 0 Å². The molecule has 0 saturated heterocycles. The molecule has 120 valence electrons. The van der Waals surface area contributed by atoms with Crippen molar-refractivity contribution in [2.45, 2.75) is 0 Å². The summed E-state index contributed by atoms with van der Waals surface area (Å²) in [5, 5.41) is 0. The molecule has 0 fully saturated rings. The van der Waals surface area contributed by atoms with Crippen LogP contribution in [0, 0.1) is 0 Å². The Morgan fingerprint density at radius 1 is 0.708 bits per heavy atom. The minimum Gasteiger partial charge on any atom is -0.183 e. The number of aromatic nitrogens is 2. The van der Waals surface area contributed by atoms with E-state index < -0.39 is 0 Å². The molecule has 0 aromatic carbocycles. The Kier molecular flexibility index (Phi) is 5.02. The molecule has 4 nitrogen and oxygen atoms in total. The first-order valence-corrected chi connectivity index (χ1v) is 11.2. The number of thiophene rings is 2. The monoisotopic (exact) mass is 516 g/mol. The molecule has 0 spiro atoms. The van der Waals surface area contributed by atoms with E-state index in [9.17, 15) is 0 Å². The number of hydrogen-bond acceptors (Lipinski definition) is 7. The van der Waals surface area contributed by atoms with Gasteiger partial charge in [-0.15, -0.1) is 22.7 Å². The van der Waals surface area contributed by atoms with Crippen molar-refractivity contribution in [1.29, 1.82) is 0 Å². The van der Waals surface area contributed by atoms with Crippen LogP contribution in [0.4, 0.5) is 0 Å². The van der Waals surface area contributed by atoms with Gasteiger partial charge in [-0.05, 0) is 56.1 Å². The number of halogens is 2. The third-order valence-corrected chi connectivity index (χ3v) is 7.38. The van der Waals surface area contributed by atoms with Crippen molar-refractivity contribution in [2.24, 2.45) is 8.73 Å². The summed E-state index contributed by atoms with van der Waals surface area (Å²) in [5.74, 6) is 0. The lowest BCUT2D eigenvalue weighted by atomic mass is 10.0. The van der Waals surface area contributed by atoms with Crippen LogP contribution in [-0.2, 0) is 11.4 Å². The highest BCUT2D eigenvalue weighted by Gasteiger charge is 2.22. The maximum absolute atomic E-state index is 4.54. The Labute approximate surface area is 170 Å². The molecule has 0 saturated carbocycles. The van der Waals surface area contributed by atoms with Gasteiger partial charge in [0, 0.05) is 20.9 Å². The molecule has 0 amide bonds. The minimum absolute atomic E-state index is 0.839. The molecule has 1 aliphatic rings. The Morgan fingerprint density at radius 2 is 1.21 bits per heavy atom. The molecule has 10 heteroatoms. The SMILES string of the molecule is Brc1ccc(/C2=C/N=S=N/C=C(/c3ccc(Br)s3)c3nsnc32)s1. The maximum atomic E-state index is 4.54. The van der Waals surface area contributed by atoms with Gasteiger partial charge < -0.3 is 0 Å². The van der Waals surface area contributed by atoms with Crippen molar-refractivity contribution < 1.29 is 0 Å². The molecular formula is C14H6Br2N4S4. The second-order valence-electron chi connectivity index (χ2n) is 4.55. The van der Waals surface area contributed by atoms with Crippen LogP contribution >= 0.6 is 66.3 Å². The van der Waals surface area contributed by atoms with Gasteiger partial charge in [0.05, 0.1) is 43.1 Å². The van der Waals surface area contributed by atoms with E-state index in [4.69, 9.17) is 0 Å². The lowest BCUT2D eigenvalue weighted by molar-refractivity contribution is 1.37. The van der Waals surface area contributed by atoms with Crippen LogP contribution in [0.2, 0.25) is 0 Å². The number of nitrogens with zero attached hydrogens (tertiary/aromatic N) is 4. The third-order valence-electron chi connectivity index (χ3n) is 3.13. The fourth-order valence-corrected chi connectivity index (χ4v) is 5.85. The topological polar surface area (TPSA) is 50.5 Å². The molecule has 0 bridgehead atoms. The molecule has 1 aliphatic heterocycles. The zero-order valence-electron chi connectivity index (χ0n) is 11.6. The van der Waals surface area contributed by atoms with E-state index in [0.717, 1.165) is 51.2 Å². The van der Waals surface area contributed by atoms with Crippen LogP contribution in [0.5, 0.6) is 0 Å². The summed E-state index contributed by atoms with van der Waals surface area (Å²) in [6, 6.07) is 8.17. The standard InChI is InChI=1S/C14H6Br2N4S4/c15-11-3-1-9(21-11)7-5-17-23-18-6-8(10-2-4-12(16)22-10)14-13(7)19-24-20-14/h1-6H/b7-5-,8-6-. The summed E-state index contributed by atoms with van der Waals surface area (Å²) in [6.07, 6.45) is 3.63. The first kappa shape index (κ1) is 16.7. The summed E-state index contributed by atoms with van der Waals surface area (Å²) in [6.45, 7) is 0. The summed E-state index contributed by atoms with van der Waals surface area (Å²) in [5.41, 5.74) is 3.60. The Hall–Kier alpha value is -0.780. The van der Waals surface area contributed by atoms with Crippen LogP contribution in [0.15, 0.2) is 53.0 Å². The van der Waals surface area contributed by atoms with Crippen molar-refractivity contribution in [3.63, 3.8) is 0 Å². The predicted octanol–water partition coefficient (Wildman–Crippen LogP) is 6.43. The second kappa shape index (κ2) is 7.22. The molecule has 3 aromatic heterocycles. The highest BCUT2D eigenvalue weighted by Crippen LogP contribution is 2.38. The van der Waals surface area contributed by atoms with E-state index in [0.29, 0.717) is 0 Å².